The Labute approximate surface area is 115 Å². The van der Waals surface area contributed by atoms with Gasteiger partial charge < -0.3 is 4.74 Å². The number of nitro groups is 1. The third-order valence-electron chi connectivity index (χ3n) is 3.94. The molecule has 5 heteroatoms. The van der Waals surface area contributed by atoms with Gasteiger partial charge in [0, 0.05) is 16.3 Å². The first-order valence-electron chi connectivity index (χ1n) is 6.02. The maximum absolute atomic E-state index is 10.7. The summed E-state index contributed by atoms with van der Waals surface area (Å²) in [6.45, 7) is 4.31. The first-order chi connectivity index (χ1) is 8.47. The highest BCUT2D eigenvalue weighted by molar-refractivity contribution is 9.09. The van der Waals surface area contributed by atoms with Crippen LogP contribution in [0.4, 0.5) is 5.69 Å². The zero-order chi connectivity index (χ0) is 13.3. The normalized spacial score (nSPS) is 30.6. The summed E-state index contributed by atoms with van der Waals surface area (Å²) in [4.78, 5) is 10.8. The van der Waals surface area contributed by atoms with E-state index in [0.717, 1.165) is 12.8 Å². The second kappa shape index (κ2) is 4.88. The van der Waals surface area contributed by atoms with Crippen molar-refractivity contribution in [3.8, 4) is 5.75 Å². The number of halogens is 1. The summed E-state index contributed by atoms with van der Waals surface area (Å²) in [6.07, 6.45) is 2.07. The SMILES string of the molecule is CCC1(C)C(Br)CC1Oc1cccc([N+](=O)[O-])c1. The van der Waals surface area contributed by atoms with Gasteiger partial charge in [0.1, 0.15) is 11.9 Å². The van der Waals surface area contributed by atoms with Gasteiger partial charge in [0.05, 0.1) is 11.0 Å². The molecule has 1 aromatic carbocycles. The fourth-order valence-corrected chi connectivity index (χ4v) is 3.19. The van der Waals surface area contributed by atoms with Crippen molar-refractivity contribution in [2.24, 2.45) is 5.41 Å². The monoisotopic (exact) mass is 313 g/mol. The summed E-state index contributed by atoms with van der Waals surface area (Å²) in [5, 5.41) is 10.7. The Kier molecular flexibility index (Phi) is 3.61. The van der Waals surface area contributed by atoms with Crippen LogP contribution in [0.1, 0.15) is 26.7 Å². The van der Waals surface area contributed by atoms with Crippen LogP contribution in [0.15, 0.2) is 24.3 Å². The Hall–Kier alpha value is -1.10. The van der Waals surface area contributed by atoms with E-state index in [4.69, 9.17) is 4.74 Å². The van der Waals surface area contributed by atoms with Crippen LogP contribution in [0.2, 0.25) is 0 Å². The molecule has 0 aliphatic heterocycles. The van der Waals surface area contributed by atoms with Crippen molar-refractivity contribution in [3.63, 3.8) is 0 Å². The molecule has 0 radical (unpaired) electrons. The Morgan fingerprint density at radius 3 is 2.89 bits per heavy atom. The number of benzene rings is 1. The van der Waals surface area contributed by atoms with Crippen LogP contribution in [0, 0.1) is 15.5 Å². The summed E-state index contributed by atoms with van der Waals surface area (Å²) < 4.78 is 5.88. The molecule has 0 heterocycles. The molecule has 0 spiro atoms. The minimum Gasteiger partial charge on any atom is -0.490 e. The first kappa shape index (κ1) is 13.3. The molecule has 0 saturated heterocycles. The molecule has 1 aliphatic carbocycles. The van der Waals surface area contributed by atoms with E-state index in [-0.39, 0.29) is 17.2 Å². The molecule has 0 N–H and O–H groups in total. The topological polar surface area (TPSA) is 52.4 Å². The number of hydrogen-bond donors (Lipinski definition) is 0. The van der Waals surface area contributed by atoms with E-state index < -0.39 is 4.92 Å². The van der Waals surface area contributed by atoms with E-state index in [9.17, 15) is 10.1 Å². The van der Waals surface area contributed by atoms with Crippen LogP contribution >= 0.6 is 15.9 Å². The Bertz CT molecular complexity index is 465. The lowest BCUT2D eigenvalue weighted by Gasteiger charge is -2.50. The third kappa shape index (κ3) is 2.23. The zero-order valence-electron chi connectivity index (χ0n) is 10.4. The zero-order valence-corrected chi connectivity index (χ0v) is 12.0. The van der Waals surface area contributed by atoms with Crippen molar-refractivity contribution in [2.75, 3.05) is 0 Å². The second-order valence-electron chi connectivity index (χ2n) is 4.92. The van der Waals surface area contributed by atoms with Crippen molar-refractivity contribution in [3.05, 3.63) is 34.4 Å². The van der Waals surface area contributed by atoms with Crippen LogP contribution in [-0.2, 0) is 0 Å². The third-order valence-corrected chi connectivity index (χ3v) is 5.36. The molecular formula is C13H16BrNO3. The highest BCUT2D eigenvalue weighted by atomic mass is 79.9. The number of rotatable bonds is 4. The maximum Gasteiger partial charge on any atom is 0.273 e. The predicted molar refractivity (Wildman–Crippen MR) is 73.2 cm³/mol. The van der Waals surface area contributed by atoms with Gasteiger partial charge in [-0.1, -0.05) is 35.8 Å². The van der Waals surface area contributed by atoms with Crippen LogP contribution in [0.25, 0.3) is 0 Å². The van der Waals surface area contributed by atoms with Gasteiger partial charge in [-0.05, 0) is 18.9 Å². The van der Waals surface area contributed by atoms with Gasteiger partial charge >= 0.3 is 0 Å². The van der Waals surface area contributed by atoms with E-state index in [0.29, 0.717) is 10.6 Å². The van der Waals surface area contributed by atoms with E-state index >= 15 is 0 Å². The smallest absolute Gasteiger partial charge is 0.273 e. The number of alkyl halides is 1. The summed E-state index contributed by atoms with van der Waals surface area (Å²) in [6, 6.07) is 6.38. The van der Waals surface area contributed by atoms with E-state index in [1.807, 2.05) is 0 Å². The molecule has 1 aromatic rings. The van der Waals surface area contributed by atoms with Crippen LogP contribution in [0.5, 0.6) is 5.75 Å². The lowest BCUT2D eigenvalue weighted by Crippen LogP contribution is -2.54. The molecule has 2 rings (SSSR count). The predicted octanol–water partition coefficient (Wildman–Crippen LogP) is 3.93. The molecule has 0 amide bonds. The van der Waals surface area contributed by atoms with Gasteiger partial charge in [0.25, 0.3) is 5.69 Å². The van der Waals surface area contributed by atoms with Gasteiger partial charge in [0.2, 0.25) is 0 Å². The Morgan fingerprint density at radius 1 is 1.61 bits per heavy atom. The van der Waals surface area contributed by atoms with Gasteiger partial charge in [0.15, 0.2) is 0 Å². The van der Waals surface area contributed by atoms with Crippen molar-refractivity contribution in [1.82, 2.24) is 0 Å². The standard InChI is InChI=1S/C13H16BrNO3/c1-3-13(2)11(14)8-12(13)18-10-6-4-5-9(7-10)15(16)17/h4-7,11-12H,3,8H2,1-2H3. The van der Waals surface area contributed by atoms with Crippen LogP contribution < -0.4 is 4.74 Å². The number of hydrogen-bond acceptors (Lipinski definition) is 3. The molecule has 0 aromatic heterocycles. The number of nitro benzene ring substituents is 1. The quantitative estimate of drug-likeness (QED) is 0.481. The summed E-state index contributed by atoms with van der Waals surface area (Å²) in [5.41, 5.74) is 0.172. The molecular weight excluding hydrogens is 298 g/mol. The molecule has 1 saturated carbocycles. The minimum absolute atomic E-state index is 0.0698. The summed E-state index contributed by atoms with van der Waals surface area (Å²) in [5.74, 6) is 0.577. The Morgan fingerprint density at radius 2 is 2.33 bits per heavy atom. The van der Waals surface area contributed by atoms with Crippen LogP contribution in [0.3, 0.4) is 0 Å². The molecule has 1 fully saturated rings. The molecule has 3 unspecified atom stereocenters. The molecule has 1 aliphatic rings. The number of nitrogens with zero attached hydrogens (tertiary/aromatic N) is 1. The number of ether oxygens (including phenoxy) is 1. The van der Waals surface area contributed by atoms with Crippen molar-refractivity contribution >= 4 is 21.6 Å². The number of non-ortho nitro benzene ring substituents is 1. The summed E-state index contributed by atoms with van der Waals surface area (Å²) >= 11 is 3.65. The largest absolute Gasteiger partial charge is 0.490 e. The Balaban J connectivity index is 2.11. The average molecular weight is 314 g/mol. The lowest BCUT2D eigenvalue weighted by atomic mass is 9.65. The fraction of sp³-hybridized carbons (Fsp3) is 0.538. The molecule has 0 bridgehead atoms. The molecule has 98 valence electrons. The highest BCUT2D eigenvalue weighted by Gasteiger charge is 2.50. The fourth-order valence-electron chi connectivity index (χ4n) is 2.23. The van der Waals surface area contributed by atoms with E-state index in [2.05, 4.69) is 29.8 Å². The molecule has 18 heavy (non-hydrogen) atoms. The highest BCUT2D eigenvalue weighted by Crippen LogP contribution is 2.50. The van der Waals surface area contributed by atoms with Gasteiger partial charge in [-0.3, -0.25) is 10.1 Å². The van der Waals surface area contributed by atoms with E-state index in [1.165, 1.54) is 12.1 Å². The average Bonchev–Trinajstić information content (AvgIpc) is 2.37. The van der Waals surface area contributed by atoms with Crippen molar-refractivity contribution in [2.45, 2.75) is 37.6 Å². The minimum atomic E-state index is -0.403. The van der Waals surface area contributed by atoms with E-state index in [1.54, 1.807) is 12.1 Å². The maximum atomic E-state index is 10.7. The summed E-state index contributed by atoms with van der Waals surface area (Å²) in [7, 11) is 0. The lowest BCUT2D eigenvalue weighted by molar-refractivity contribution is -0.385. The first-order valence-corrected chi connectivity index (χ1v) is 6.94. The molecule has 4 nitrogen and oxygen atoms in total. The van der Waals surface area contributed by atoms with Gasteiger partial charge in [-0.25, -0.2) is 0 Å². The second-order valence-corrected chi connectivity index (χ2v) is 6.03. The van der Waals surface area contributed by atoms with Crippen molar-refractivity contribution < 1.29 is 9.66 Å². The van der Waals surface area contributed by atoms with Gasteiger partial charge in [-0.2, -0.15) is 0 Å². The van der Waals surface area contributed by atoms with Crippen LogP contribution in [-0.4, -0.2) is 15.9 Å². The van der Waals surface area contributed by atoms with Gasteiger partial charge in [-0.15, -0.1) is 0 Å². The molecule has 3 atom stereocenters. The van der Waals surface area contributed by atoms with Crippen molar-refractivity contribution in [1.29, 1.82) is 0 Å².